The highest BCUT2D eigenvalue weighted by atomic mass is 32.2. The molecular formula is C27H26N4O3S2. The Kier molecular flexibility index (Phi) is 7.20. The number of fused-ring (bicyclic) bond motifs is 2. The summed E-state index contributed by atoms with van der Waals surface area (Å²) in [6.45, 7) is 4.76. The van der Waals surface area contributed by atoms with Gasteiger partial charge < -0.3 is 14.0 Å². The van der Waals surface area contributed by atoms with Crippen molar-refractivity contribution in [3.8, 4) is 11.5 Å². The van der Waals surface area contributed by atoms with E-state index in [0.29, 0.717) is 29.1 Å². The molecule has 0 bridgehead atoms. The topological polar surface area (TPSA) is 69.5 Å². The van der Waals surface area contributed by atoms with Crippen molar-refractivity contribution in [1.82, 2.24) is 14.8 Å². The molecule has 0 saturated heterocycles. The second-order valence-electron chi connectivity index (χ2n) is 8.19. The van der Waals surface area contributed by atoms with Crippen LogP contribution in [0.5, 0.6) is 11.5 Å². The molecule has 9 heteroatoms. The van der Waals surface area contributed by atoms with Gasteiger partial charge in [-0.1, -0.05) is 53.9 Å². The number of thioether (sulfide) groups is 1. The summed E-state index contributed by atoms with van der Waals surface area (Å²) < 4.78 is 13.5. The second-order valence-corrected chi connectivity index (χ2v) is 10.2. The molecule has 3 aromatic carbocycles. The van der Waals surface area contributed by atoms with Gasteiger partial charge in [0.2, 0.25) is 5.91 Å². The number of rotatable bonds is 8. The zero-order valence-electron chi connectivity index (χ0n) is 20.3. The van der Waals surface area contributed by atoms with Gasteiger partial charge in [0.05, 0.1) is 23.7 Å². The third kappa shape index (κ3) is 4.94. The van der Waals surface area contributed by atoms with E-state index in [4.69, 9.17) is 9.47 Å². The number of carbonyl (C=O) groups excluding carboxylic acids is 1. The fourth-order valence-corrected chi connectivity index (χ4v) is 5.74. The van der Waals surface area contributed by atoms with Crippen molar-refractivity contribution in [3.05, 3.63) is 78.1 Å². The monoisotopic (exact) mass is 518 g/mol. The number of hydrogen-bond donors (Lipinski definition) is 0. The fraction of sp³-hybridized carbons (Fsp3) is 0.222. The maximum atomic E-state index is 13.5. The summed E-state index contributed by atoms with van der Waals surface area (Å²) in [5.41, 5.74) is 2.91. The first-order valence-corrected chi connectivity index (χ1v) is 13.4. The molecule has 0 radical (unpaired) electrons. The van der Waals surface area contributed by atoms with Crippen molar-refractivity contribution < 1.29 is 14.3 Å². The summed E-state index contributed by atoms with van der Waals surface area (Å²) in [5, 5.41) is 9.24. The fourth-order valence-electron chi connectivity index (χ4n) is 3.91. The summed E-state index contributed by atoms with van der Waals surface area (Å²) in [6.07, 6.45) is 0. The average Bonchev–Trinajstić information content (AvgIpc) is 3.24. The van der Waals surface area contributed by atoms with Crippen LogP contribution in [0.4, 0.5) is 11.4 Å². The number of ether oxygens (including phenoxy) is 2. The molecular weight excluding hydrogens is 492 g/mol. The number of aromatic nitrogens is 3. The number of amides is 1. The van der Waals surface area contributed by atoms with E-state index in [-0.39, 0.29) is 18.3 Å². The Hall–Kier alpha value is -3.43. The lowest BCUT2D eigenvalue weighted by atomic mass is 10.2. The summed E-state index contributed by atoms with van der Waals surface area (Å²) >= 11 is 3.05. The number of aryl methyl sites for hydroxylation is 1. The van der Waals surface area contributed by atoms with E-state index >= 15 is 0 Å². The predicted molar refractivity (Wildman–Crippen MR) is 143 cm³/mol. The van der Waals surface area contributed by atoms with E-state index in [1.807, 2.05) is 92.2 Å². The van der Waals surface area contributed by atoms with Gasteiger partial charge in [0.15, 0.2) is 22.5 Å². The largest absolute Gasteiger partial charge is 0.490 e. The van der Waals surface area contributed by atoms with Crippen molar-refractivity contribution in [2.24, 2.45) is 7.05 Å². The van der Waals surface area contributed by atoms with Gasteiger partial charge >= 0.3 is 0 Å². The quantitative estimate of drug-likeness (QED) is 0.264. The molecule has 0 atom stereocenters. The molecule has 4 aromatic rings. The first-order chi connectivity index (χ1) is 17.5. The molecule has 36 heavy (non-hydrogen) atoms. The molecule has 1 aliphatic heterocycles. The van der Waals surface area contributed by atoms with Gasteiger partial charge in [0.1, 0.15) is 6.61 Å². The Bertz CT molecular complexity index is 1360. The van der Waals surface area contributed by atoms with Gasteiger partial charge in [-0.05, 0) is 55.8 Å². The molecule has 7 nitrogen and oxygen atoms in total. The van der Waals surface area contributed by atoms with Gasteiger partial charge in [-0.3, -0.25) is 9.69 Å². The lowest BCUT2D eigenvalue weighted by Gasteiger charge is -2.30. The van der Waals surface area contributed by atoms with Gasteiger partial charge in [-0.15, -0.1) is 10.2 Å². The van der Waals surface area contributed by atoms with Crippen molar-refractivity contribution in [1.29, 1.82) is 0 Å². The van der Waals surface area contributed by atoms with Crippen LogP contribution in [0.25, 0.3) is 0 Å². The Balaban J connectivity index is 1.28. The normalized spacial score (nSPS) is 12.1. The maximum Gasteiger partial charge on any atom is 0.242 e. The predicted octanol–water partition coefficient (Wildman–Crippen LogP) is 6.02. The van der Waals surface area contributed by atoms with E-state index < -0.39 is 0 Å². The number of anilines is 2. The Morgan fingerprint density at radius 1 is 0.944 bits per heavy atom. The summed E-state index contributed by atoms with van der Waals surface area (Å²) in [4.78, 5) is 17.4. The van der Waals surface area contributed by atoms with Crippen molar-refractivity contribution in [2.75, 3.05) is 17.3 Å². The molecule has 0 aliphatic carbocycles. The number of para-hydroxylation sites is 2. The Labute approximate surface area is 218 Å². The smallest absolute Gasteiger partial charge is 0.242 e. The number of nitrogens with zero attached hydrogens (tertiary/aromatic N) is 4. The van der Waals surface area contributed by atoms with Crippen molar-refractivity contribution >= 4 is 40.8 Å². The van der Waals surface area contributed by atoms with Gasteiger partial charge in [0.25, 0.3) is 0 Å². The van der Waals surface area contributed by atoms with E-state index in [1.165, 1.54) is 11.8 Å². The summed E-state index contributed by atoms with van der Waals surface area (Å²) in [7, 11) is 1.88. The minimum absolute atomic E-state index is 0.0120. The van der Waals surface area contributed by atoms with Crippen molar-refractivity contribution in [2.45, 2.75) is 35.4 Å². The SMILES string of the molecule is CCOc1cc(C)ccc1OCc1nnc(SCC(=O)N2c3ccccc3Sc3ccccc32)n1C. The second kappa shape index (κ2) is 10.7. The highest BCUT2D eigenvalue weighted by Crippen LogP contribution is 2.48. The zero-order chi connectivity index (χ0) is 25.1. The highest BCUT2D eigenvalue weighted by Gasteiger charge is 2.28. The number of benzene rings is 3. The molecule has 1 amide bonds. The molecule has 0 unspecified atom stereocenters. The lowest BCUT2D eigenvalue weighted by molar-refractivity contribution is -0.115. The molecule has 2 heterocycles. The van der Waals surface area contributed by atoms with Crippen LogP contribution in [0.15, 0.2) is 81.7 Å². The molecule has 5 rings (SSSR count). The Morgan fingerprint density at radius 3 is 2.33 bits per heavy atom. The molecule has 1 aromatic heterocycles. The highest BCUT2D eigenvalue weighted by molar-refractivity contribution is 8.00. The van der Waals surface area contributed by atoms with Crippen LogP contribution in [-0.2, 0) is 18.4 Å². The van der Waals surface area contributed by atoms with Gasteiger partial charge in [-0.25, -0.2) is 0 Å². The minimum atomic E-state index is -0.0120. The standard InChI is InChI=1S/C27H26N4O3S2/c1-4-33-22-15-18(2)13-14-21(22)34-16-25-28-29-27(30(25)3)35-17-26(32)31-19-9-5-7-11-23(19)36-24-12-8-6-10-20(24)31/h5-15H,4,16-17H2,1-3H3. The van der Waals surface area contributed by atoms with Crippen LogP contribution in [0, 0.1) is 6.92 Å². The Morgan fingerprint density at radius 2 is 1.64 bits per heavy atom. The zero-order valence-corrected chi connectivity index (χ0v) is 21.9. The minimum Gasteiger partial charge on any atom is -0.490 e. The lowest BCUT2D eigenvalue weighted by Crippen LogP contribution is -2.30. The molecule has 0 spiro atoms. The number of hydrogen-bond acceptors (Lipinski definition) is 7. The van der Waals surface area contributed by atoms with Crippen LogP contribution >= 0.6 is 23.5 Å². The van der Waals surface area contributed by atoms with Crippen LogP contribution in [0.3, 0.4) is 0 Å². The average molecular weight is 519 g/mol. The van der Waals surface area contributed by atoms with E-state index in [2.05, 4.69) is 10.2 Å². The third-order valence-electron chi connectivity index (χ3n) is 5.69. The molecule has 0 saturated carbocycles. The van der Waals surface area contributed by atoms with E-state index in [0.717, 1.165) is 26.7 Å². The third-order valence-corrected chi connectivity index (χ3v) is 7.82. The summed E-state index contributed by atoms with van der Waals surface area (Å²) in [6, 6.07) is 21.8. The van der Waals surface area contributed by atoms with Gasteiger partial charge in [0, 0.05) is 16.8 Å². The molecule has 0 N–H and O–H groups in total. The van der Waals surface area contributed by atoms with E-state index in [9.17, 15) is 4.79 Å². The van der Waals surface area contributed by atoms with Crippen molar-refractivity contribution in [3.63, 3.8) is 0 Å². The van der Waals surface area contributed by atoms with Crippen LogP contribution in [0.2, 0.25) is 0 Å². The molecule has 184 valence electrons. The summed E-state index contributed by atoms with van der Waals surface area (Å²) in [5.74, 6) is 2.25. The van der Waals surface area contributed by atoms with Crippen LogP contribution < -0.4 is 14.4 Å². The van der Waals surface area contributed by atoms with Crippen LogP contribution in [0.1, 0.15) is 18.3 Å². The van der Waals surface area contributed by atoms with Gasteiger partial charge in [-0.2, -0.15) is 0 Å². The molecule has 0 fully saturated rings. The van der Waals surface area contributed by atoms with E-state index in [1.54, 1.807) is 16.7 Å². The maximum absolute atomic E-state index is 13.5. The molecule has 1 aliphatic rings. The van der Waals surface area contributed by atoms with Crippen LogP contribution in [-0.4, -0.2) is 33.0 Å². The first kappa shape index (κ1) is 24.3. The first-order valence-electron chi connectivity index (χ1n) is 11.6. The number of carbonyl (C=O) groups is 1.